The van der Waals surface area contributed by atoms with Crippen molar-refractivity contribution in [2.45, 2.75) is 19.8 Å². The van der Waals surface area contributed by atoms with Gasteiger partial charge in [-0.1, -0.05) is 19.1 Å². The molecule has 1 heterocycles. The maximum atomic E-state index is 11.7. The largest absolute Gasteiger partial charge is 0.493 e. The predicted octanol–water partition coefficient (Wildman–Crippen LogP) is 1.03. The molecule has 0 aliphatic carbocycles. The Morgan fingerprint density at radius 1 is 1.23 bits per heavy atom. The standard InChI is InChI=1S/C15H17N3O4/c1-2-10-3-5-11(6-4-10)22-8-7-13(19)17-12-9-16-15(21)18-14(12)20/h3-6,9H,2,7-8H2,1H3,(H,17,19)(H2,16,18,20,21). The van der Waals surface area contributed by atoms with E-state index < -0.39 is 11.2 Å². The van der Waals surface area contributed by atoms with E-state index in [9.17, 15) is 14.4 Å². The zero-order valence-electron chi connectivity index (χ0n) is 12.1. The van der Waals surface area contributed by atoms with Crippen molar-refractivity contribution in [2.24, 2.45) is 0 Å². The Balaban J connectivity index is 1.82. The Morgan fingerprint density at radius 2 is 1.95 bits per heavy atom. The van der Waals surface area contributed by atoms with E-state index >= 15 is 0 Å². The van der Waals surface area contributed by atoms with Crippen LogP contribution in [0.1, 0.15) is 18.9 Å². The smallest absolute Gasteiger partial charge is 0.325 e. The van der Waals surface area contributed by atoms with Crippen LogP contribution < -0.4 is 21.3 Å². The summed E-state index contributed by atoms with van der Waals surface area (Å²) in [4.78, 5) is 38.3. The van der Waals surface area contributed by atoms with Crippen LogP contribution in [0.15, 0.2) is 40.1 Å². The summed E-state index contributed by atoms with van der Waals surface area (Å²) in [6, 6.07) is 7.64. The quantitative estimate of drug-likeness (QED) is 0.741. The lowest BCUT2D eigenvalue weighted by Crippen LogP contribution is -2.27. The van der Waals surface area contributed by atoms with Crippen LogP contribution in [0.3, 0.4) is 0 Å². The molecular formula is C15H17N3O4. The van der Waals surface area contributed by atoms with Gasteiger partial charge in [0.2, 0.25) is 5.91 Å². The molecular weight excluding hydrogens is 286 g/mol. The lowest BCUT2D eigenvalue weighted by Gasteiger charge is -2.07. The lowest BCUT2D eigenvalue weighted by atomic mass is 10.2. The molecule has 1 amide bonds. The molecule has 0 aliphatic rings. The number of rotatable bonds is 6. The summed E-state index contributed by atoms with van der Waals surface area (Å²) in [5.74, 6) is 0.314. The van der Waals surface area contributed by atoms with Gasteiger partial charge in [-0.15, -0.1) is 0 Å². The third-order valence-corrected chi connectivity index (χ3v) is 3.02. The lowest BCUT2D eigenvalue weighted by molar-refractivity contribution is -0.116. The summed E-state index contributed by atoms with van der Waals surface area (Å²) < 4.78 is 5.46. The summed E-state index contributed by atoms with van der Waals surface area (Å²) in [5, 5.41) is 2.41. The number of hydrogen-bond donors (Lipinski definition) is 3. The highest BCUT2D eigenvalue weighted by Crippen LogP contribution is 2.12. The molecule has 7 nitrogen and oxygen atoms in total. The van der Waals surface area contributed by atoms with E-state index in [4.69, 9.17) is 4.74 Å². The Hall–Kier alpha value is -2.83. The molecule has 22 heavy (non-hydrogen) atoms. The highest BCUT2D eigenvalue weighted by Gasteiger charge is 2.06. The van der Waals surface area contributed by atoms with Gasteiger partial charge in [-0.05, 0) is 24.1 Å². The van der Waals surface area contributed by atoms with Gasteiger partial charge in [0, 0.05) is 6.20 Å². The molecule has 0 saturated heterocycles. The summed E-state index contributed by atoms with van der Waals surface area (Å²) in [5.41, 5.74) is -0.0608. The maximum Gasteiger partial charge on any atom is 0.325 e. The van der Waals surface area contributed by atoms with E-state index in [2.05, 4.69) is 17.2 Å². The first kappa shape index (κ1) is 15.6. The number of aromatic nitrogens is 2. The Kier molecular flexibility index (Phi) is 5.13. The highest BCUT2D eigenvalue weighted by atomic mass is 16.5. The third kappa shape index (κ3) is 4.34. The number of carbonyl (C=O) groups excluding carboxylic acids is 1. The van der Waals surface area contributed by atoms with Crippen LogP contribution in [0.2, 0.25) is 0 Å². The number of aromatic amines is 2. The molecule has 0 bridgehead atoms. The van der Waals surface area contributed by atoms with Crippen molar-refractivity contribution in [1.29, 1.82) is 0 Å². The molecule has 3 N–H and O–H groups in total. The number of benzene rings is 1. The molecule has 0 spiro atoms. The molecule has 1 aromatic heterocycles. The molecule has 1 aromatic carbocycles. The number of nitrogens with one attached hydrogen (secondary N) is 3. The number of aryl methyl sites for hydroxylation is 1. The maximum absolute atomic E-state index is 11.7. The van der Waals surface area contributed by atoms with Gasteiger partial charge in [0.25, 0.3) is 5.56 Å². The minimum Gasteiger partial charge on any atom is -0.493 e. The summed E-state index contributed by atoms with van der Waals surface area (Å²) in [6.45, 7) is 2.26. The van der Waals surface area contributed by atoms with Crippen LogP contribution in [0, 0.1) is 0 Å². The second-order valence-corrected chi connectivity index (χ2v) is 4.63. The van der Waals surface area contributed by atoms with Gasteiger partial charge in [-0.3, -0.25) is 14.6 Å². The fourth-order valence-corrected chi connectivity index (χ4v) is 1.80. The Morgan fingerprint density at radius 3 is 2.59 bits per heavy atom. The minimum atomic E-state index is -0.645. The molecule has 2 aromatic rings. The second kappa shape index (κ2) is 7.26. The number of amides is 1. The molecule has 0 atom stereocenters. The number of hydrogen-bond acceptors (Lipinski definition) is 4. The zero-order valence-corrected chi connectivity index (χ0v) is 12.1. The summed E-state index contributed by atoms with van der Waals surface area (Å²) >= 11 is 0. The van der Waals surface area contributed by atoms with Crippen LogP contribution >= 0.6 is 0 Å². The number of anilines is 1. The zero-order chi connectivity index (χ0) is 15.9. The van der Waals surface area contributed by atoms with Gasteiger partial charge in [0.1, 0.15) is 11.4 Å². The van der Waals surface area contributed by atoms with Crippen molar-refractivity contribution in [3.05, 3.63) is 56.9 Å². The topological polar surface area (TPSA) is 104 Å². The summed E-state index contributed by atoms with van der Waals surface area (Å²) in [7, 11) is 0. The third-order valence-electron chi connectivity index (χ3n) is 3.02. The van der Waals surface area contributed by atoms with E-state index in [1.54, 1.807) is 0 Å². The number of carbonyl (C=O) groups is 1. The van der Waals surface area contributed by atoms with Crippen molar-refractivity contribution < 1.29 is 9.53 Å². The van der Waals surface area contributed by atoms with Gasteiger partial charge in [-0.25, -0.2) is 4.79 Å². The second-order valence-electron chi connectivity index (χ2n) is 4.63. The van der Waals surface area contributed by atoms with Crippen molar-refractivity contribution >= 4 is 11.6 Å². The molecule has 0 fully saturated rings. The van der Waals surface area contributed by atoms with Crippen LogP contribution in [0.5, 0.6) is 5.75 Å². The molecule has 2 rings (SSSR count). The highest BCUT2D eigenvalue weighted by molar-refractivity contribution is 5.90. The first-order valence-electron chi connectivity index (χ1n) is 6.92. The van der Waals surface area contributed by atoms with Gasteiger partial charge in [0.05, 0.1) is 13.0 Å². The molecule has 0 aliphatic heterocycles. The SMILES string of the molecule is CCc1ccc(OCCC(=O)Nc2c[nH]c(=O)[nH]c2=O)cc1. The first-order valence-corrected chi connectivity index (χ1v) is 6.92. The van der Waals surface area contributed by atoms with E-state index in [0.29, 0.717) is 5.75 Å². The van der Waals surface area contributed by atoms with Gasteiger partial charge in [0.15, 0.2) is 0 Å². The Labute approximate surface area is 126 Å². The van der Waals surface area contributed by atoms with Crippen molar-refractivity contribution in [1.82, 2.24) is 9.97 Å². The van der Waals surface area contributed by atoms with E-state index in [1.807, 2.05) is 29.2 Å². The van der Waals surface area contributed by atoms with Gasteiger partial charge in [-0.2, -0.15) is 0 Å². The fraction of sp³-hybridized carbons (Fsp3) is 0.267. The average molecular weight is 303 g/mol. The molecule has 0 unspecified atom stereocenters. The van der Waals surface area contributed by atoms with Crippen molar-refractivity contribution in [3.8, 4) is 5.75 Å². The van der Waals surface area contributed by atoms with Crippen LogP contribution in [-0.4, -0.2) is 22.5 Å². The minimum absolute atomic E-state index is 0.00287. The van der Waals surface area contributed by atoms with E-state index in [-0.39, 0.29) is 24.6 Å². The van der Waals surface area contributed by atoms with Gasteiger partial charge >= 0.3 is 5.69 Å². The van der Waals surface area contributed by atoms with E-state index in [1.165, 1.54) is 5.56 Å². The number of ether oxygens (including phenoxy) is 1. The number of H-pyrrole nitrogens is 2. The summed E-state index contributed by atoms with van der Waals surface area (Å²) in [6.07, 6.45) is 2.20. The van der Waals surface area contributed by atoms with Crippen molar-refractivity contribution in [2.75, 3.05) is 11.9 Å². The molecule has 0 radical (unpaired) electrons. The molecule has 7 heteroatoms. The fourth-order valence-electron chi connectivity index (χ4n) is 1.80. The van der Waals surface area contributed by atoms with Crippen LogP contribution in [-0.2, 0) is 11.2 Å². The molecule has 116 valence electrons. The molecule has 0 saturated carbocycles. The predicted molar refractivity (Wildman–Crippen MR) is 82.2 cm³/mol. The van der Waals surface area contributed by atoms with Gasteiger partial charge < -0.3 is 15.0 Å². The monoisotopic (exact) mass is 303 g/mol. The van der Waals surface area contributed by atoms with E-state index in [0.717, 1.165) is 12.6 Å². The Bertz CT molecular complexity index is 746. The van der Waals surface area contributed by atoms with Crippen LogP contribution in [0.25, 0.3) is 0 Å². The first-order chi connectivity index (χ1) is 10.6. The normalized spacial score (nSPS) is 10.2. The average Bonchev–Trinajstić information content (AvgIpc) is 2.51. The van der Waals surface area contributed by atoms with Crippen LogP contribution in [0.4, 0.5) is 5.69 Å². The van der Waals surface area contributed by atoms with Crippen molar-refractivity contribution in [3.63, 3.8) is 0 Å².